The minimum absolute atomic E-state index is 0.0157. The van der Waals surface area contributed by atoms with E-state index < -0.39 is 0 Å². The first-order valence-electron chi connectivity index (χ1n) is 5.00. The highest BCUT2D eigenvalue weighted by Gasteiger charge is 2.06. The third-order valence-electron chi connectivity index (χ3n) is 1.98. The predicted molar refractivity (Wildman–Crippen MR) is 67.1 cm³/mol. The first-order valence-corrected chi connectivity index (χ1v) is 5.76. The minimum Gasteiger partial charge on any atom is -0.424 e. The first kappa shape index (κ1) is 13.0. The number of hydrogen-bond donors (Lipinski definition) is 0. The van der Waals surface area contributed by atoms with E-state index in [1.165, 1.54) is 0 Å². The Balaban J connectivity index is 2.20. The highest BCUT2D eigenvalue weighted by molar-refractivity contribution is 6.31. The van der Waals surface area contributed by atoms with E-state index in [9.17, 15) is 0 Å². The van der Waals surface area contributed by atoms with Crippen LogP contribution in [0.2, 0.25) is 10.6 Å². The number of aromatic nitrogens is 3. The summed E-state index contributed by atoms with van der Waals surface area (Å²) in [6.07, 6.45) is 0. The average molecular weight is 286 g/mol. The van der Waals surface area contributed by atoms with E-state index in [1.54, 1.807) is 13.2 Å². The number of ether oxygens (including phenoxy) is 2. The van der Waals surface area contributed by atoms with Crippen LogP contribution in [0.15, 0.2) is 24.3 Å². The quantitative estimate of drug-likeness (QED) is 0.864. The van der Waals surface area contributed by atoms with Crippen LogP contribution in [0.4, 0.5) is 0 Å². The summed E-state index contributed by atoms with van der Waals surface area (Å²) < 4.78 is 10.5. The Hall–Kier alpha value is -1.43. The van der Waals surface area contributed by atoms with Crippen molar-refractivity contribution in [3.8, 4) is 11.8 Å². The van der Waals surface area contributed by atoms with E-state index in [0.717, 1.165) is 5.56 Å². The lowest BCUT2D eigenvalue weighted by Gasteiger charge is -2.05. The fraction of sp³-hybridized carbons (Fsp3) is 0.182. The van der Waals surface area contributed by atoms with E-state index in [-0.39, 0.29) is 16.6 Å². The van der Waals surface area contributed by atoms with Crippen LogP contribution in [-0.2, 0) is 11.3 Å². The molecule has 0 saturated carbocycles. The Labute approximate surface area is 114 Å². The predicted octanol–water partition coefficient (Wildman–Crippen LogP) is 3.12. The van der Waals surface area contributed by atoms with Gasteiger partial charge in [-0.2, -0.15) is 15.0 Å². The molecule has 94 valence electrons. The van der Waals surface area contributed by atoms with Crippen LogP contribution < -0.4 is 4.74 Å². The zero-order valence-electron chi connectivity index (χ0n) is 9.43. The van der Waals surface area contributed by atoms with E-state index in [0.29, 0.717) is 12.4 Å². The van der Waals surface area contributed by atoms with Crippen molar-refractivity contribution in [2.75, 3.05) is 7.11 Å². The monoisotopic (exact) mass is 285 g/mol. The second-order valence-corrected chi connectivity index (χ2v) is 4.01. The summed E-state index contributed by atoms with van der Waals surface area (Å²) in [7, 11) is 1.62. The third kappa shape index (κ3) is 3.53. The Morgan fingerprint density at radius 3 is 2.50 bits per heavy atom. The van der Waals surface area contributed by atoms with E-state index >= 15 is 0 Å². The molecule has 2 rings (SSSR count). The molecule has 18 heavy (non-hydrogen) atoms. The molecule has 2 aromatic rings. The maximum atomic E-state index is 5.65. The molecular formula is C11H9Cl2N3O2. The van der Waals surface area contributed by atoms with Crippen molar-refractivity contribution in [1.29, 1.82) is 0 Å². The van der Waals surface area contributed by atoms with Crippen molar-refractivity contribution in [2.24, 2.45) is 0 Å². The SMILES string of the molecule is COCc1cccc(Oc2nc(Cl)nc(Cl)n2)c1. The molecule has 1 aromatic heterocycles. The molecule has 0 saturated heterocycles. The lowest BCUT2D eigenvalue weighted by atomic mass is 10.2. The van der Waals surface area contributed by atoms with Crippen LogP contribution in [0.25, 0.3) is 0 Å². The van der Waals surface area contributed by atoms with Crippen molar-refractivity contribution < 1.29 is 9.47 Å². The third-order valence-corrected chi connectivity index (χ3v) is 2.32. The summed E-state index contributed by atoms with van der Waals surface area (Å²) in [6, 6.07) is 7.40. The van der Waals surface area contributed by atoms with E-state index in [1.807, 2.05) is 18.2 Å². The molecule has 0 bridgehead atoms. The molecule has 0 amide bonds. The van der Waals surface area contributed by atoms with Gasteiger partial charge in [-0.3, -0.25) is 0 Å². The molecule has 0 atom stereocenters. The van der Waals surface area contributed by atoms with Gasteiger partial charge in [-0.15, -0.1) is 0 Å². The van der Waals surface area contributed by atoms with Crippen LogP contribution >= 0.6 is 23.2 Å². The lowest BCUT2D eigenvalue weighted by Crippen LogP contribution is -1.96. The molecule has 5 nitrogen and oxygen atoms in total. The van der Waals surface area contributed by atoms with Gasteiger partial charge in [-0.05, 0) is 40.9 Å². The van der Waals surface area contributed by atoms with Gasteiger partial charge in [0.25, 0.3) is 0 Å². The van der Waals surface area contributed by atoms with Gasteiger partial charge in [0.05, 0.1) is 6.61 Å². The second kappa shape index (κ2) is 5.95. The van der Waals surface area contributed by atoms with Crippen molar-refractivity contribution in [3.05, 3.63) is 40.4 Å². The van der Waals surface area contributed by atoms with Gasteiger partial charge in [-0.25, -0.2) is 0 Å². The average Bonchev–Trinajstić information content (AvgIpc) is 2.28. The normalized spacial score (nSPS) is 10.4. The molecule has 0 radical (unpaired) electrons. The largest absolute Gasteiger partial charge is 0.424 e. The maximum Gasteiger partial charge on any atom is 0.327 e. The van der Waals surface area contributed by atoms with Crippen LogP contribution in [-0.4, -0.2) is 22.1 Å². The van der Waals surface area contributed by atoms with Gasteiger partial charge in [0.2, 0.25) is 10.6 Å². The second-order valence-electron chi connectivity index (χ2n) is 3.34. The highest BCUT2D eigenvalue weighted by atomic mass is 35.5. The van der Waals surface area contributed by atoms with Crippen molar-refractivity contribution in [2.45, 2.75) is 6.61 Å². The molecule has 7 heteroatoms. The maximum absolute atomic E-state index is 5.65. The van der Waals surface area contributed by atoms with Crippen LogP contribution in [0, 0.1) is 0 Å². The van der Waals surface area contributed by atoms with E-state index in [2.05, 4.69) is 15.0 Å². The number of halogens is 2. The number of rotatable bonds is 4. The van der Waals surface area contributed by atoms with Gasteiger partial charge in [-0.1, -0.05) is 12.1 Å². The Bertz CT molecular complexity index is 531. The summed E-state index contributed by atoms with van der Waals surface area (Å²) in [5.41, 5.74) is 0.973. The number of benzene rings is 1. The summed E-state index contributed by atoms with van der Waals surface area (Å²) in [4.78, 5) is 11.3. The number of hydrogen-bond acceptors (Lipinski definition) is 5. The molecule has 0 N–H and O–H groups in total. The summed E-state index contributed by atoms with van der Waals surface area (Å²) >= 11 is 11.3. The van der Waals surface area contributed by atoms with E-state index in [4.69, 9.17) is 32.7 Å². The zero-order valence-corrected chi connectivity index (χ0v) is 10.9. The number of methoxy groups -OCH3 is 1. The van der Waals surface area contributed by atoms with Crippen LogP contribution in [0.5, 0.6) is 11.8 Å². The summed E-state index contributed by atoms with van der Waals surface area (Å²) in [6.45, 7) is 0.496. The smallest absolute Gasteiger partial charge is 0.327 e. The van der Waals surface area contributed by atoms with Gasteiger partial charge in [0.15, 0.2) is 0 Å². The lowest BCUT2D eigenvalue weighted by molar-refractivity contribution is 0.184. The summed E-state index contributed by atoms with van der Waals surface area (Å²) in [5.74, 6) is 0.572. The van der Waals surface area contributed by atoms with Crippen molar-refractivity contribution in [3.63, 3.8) is 0 Å². The molecule has 0 fully saturated rings. The molecule has 0 aliphatic heterocycles. The van der Waals surface area contributed by atoms with Gasteiger partial charge < -0.3 is 9.47 Å². The standard InChI is InChI=1S/C11H9Cl2N3O2/c1-17-6-7-3-2-4-8(5-7)18-11-15-9(12)14-10(13)16-11/h2-5H,6H2,1H3. The number of nitrogens with zero attached hydrogens (tertiary/aromatic N) is 3. The Morgan fingerprint density at radius 1 is 1.11 bits per heavy atom. The zero-order chi connectivity index (χ0) is 13.0. The highest BCUT2D eigenvalue weighted by Crippen LogP contribution is 2.21. The molecule has 0 aliphatic carbocycles. The molecule has 0 aliphatic rings. The summed E-state index contributed by atoms with van der Waals surface area (Å²) in [5, 5.41) is -0.0314. The first-order chi connectivity index (χ1) is 8.67. The Kier molecular flexibility index (Phi) is 4.30. The van der Waals surface area contributed by atoms with Gasteiger partial charge >= 0.3 is 6.01 Å². The molecule has 1 heterocycles. The van der Waals surface area contributed by atoms with Gasteiger partial charge in [0, 0.05) is 7.11 Å². The van der Waals surface area contributed by atoms with Crippen molar-refractivity contribution in [1.82, 2.24) is 15.0 Å². The van der Waals surface area contributed by atoms with Crippen LogP contribution in [0.3, 0.4) is 0 Å². The fourth-order valence-corrected chi connectivity index (χ4v) is 1.67. The molecule has 0 spiro atoms. The van der Waals surface area contributed by atoms with Crippen molar-refractivity contribution >= 4 is 23.2 Å². The molecule has 1 aromatic carbocycles. The minimum atomic E-state index is -0.0157. The van der Waals surface area contributed by atoms with Crippen LogP contribution in [0.1, 0.15) is 5.56 Å². The van der Waals surface area contributed by atoms with Gasteiger partial charge in [0.1, 0.15) is 5.75 Å². The topological polar surface area (TPSA) is 57.1 Å². The molecule has 0 unspecified atom stereocenters. The Morgan fingerprint density at radius 2 is 1.83 bits per heavy atom. The molecular weight excluding hydrogens is 277 g/mol. The fourth-order valence-electron chi connectivity index (χ4n) is 1.33.